The van der Waals surface area contributed by atoms with Gasteiger partial charge < -0.3 is 9.72 Å². The number of benzene rings is 2. The summed E-state index contributed by atoms with van der Waals surface area (Å²) in [7, 11) is 0. The lowest BCUT2D eigenvalue weighted by Gasteiger charge is -2.06. The number of esters is 1. The average Bonchev–Trinajstić information content (AvgIpc) is 3.06. The number of para-hydroxylation sites is 2. The molecule has 0 unspecified atom stereocenters. The Kier molecular flexibility index (Phi) is 6.13. The van der Waals surface area contributed by atoms with Crippen LogP contribution < -0.4 is 5.56 Å². The van der Waals surface area contributed by atoms with E-state index in [2.05, 4.69) is 15.1 Å². The van der Waals surface area contributed by atoms with Gasteiger partial charge in [-0.05, 0) is 37.6 Å². The first kappa shape index (κ1) is 20.8. The molecule has 7 nitrogen and oxygen atoms in total. The molecule has 0 fully saturated rings. The second-order valence-electron chi connectivity index (χ2n) is 7.15. The van der Waals surface area contributed by atoms with Gasteiger partial charge in [0, 0.05) is 18.4 Å². The molecule has 2 heterocycles. The molecule has 2 aromatic carbocycles. The number of aromatic amines is 1. The monoisotopic (exact) mass is 436 g/mol. The lowest BCUT2D eigenvalue weighted by atomic mass is 10.2. The number of carbonyl (C=O) groups excluding carboxylic acids is 1. The van der Waals surface area contributed by atoms with Crippen LogP contribution in [0.5, 0.6) is 0 Å². The molecule has 4 rings (SSSR count). The van der Waals surface area contributed by atoms with Crippen LogP contribution in [0, 0.1) is 6.92 Å². The zero-order valence-corrected chi connectivity index (χ0v) is 17.7. The number of ether oxygens (including phenoxy) is 1. The Morgan fingerprint density at radius 3 is 2.68 bits per heavy atom. The Hall–Kier alpha value is -3.45. The summed E-state index contributed by atoms with van der Waals surface area (Å²) in [5, 5.41) is 5.42. The van der Waals surface area contributed by atoms with E-state index in [1.165, 1.54) is 0 Å². The van der Waals surface area contributed by atoms with Crippen molar-refractivity contribution in [2.45, 2.75) is 32.8 Å². The summed E-state index contributed by atoms with van der Waals surface area (Å²) in [4.78, 5) is 31.5. The number of fused-ring (bicyclic) bond motifs is 1. The normalized spacial score (nSPS) is 11.0. The van der Waals surface area contributed by atoms with Gasteiger partial charge in [0.1, 0.15) is 17.6 Å². The summed E-state index contributed by atoms with van der Waals surface area (Å²) in [5.74, 6) is 0.214. The summed E-state index contributed by atoms with van der Waals surface area (Å²) < 4.78 is 7.03. The number of nitrogens with zero attached hydrogens (tertiary/aromatic N) is 3. The van der Waals surface area contributed by atoms with Crippen LogP contribution in [-0.2, 0) is 22.6 Å². The molecule has 0 aliphatic rings. The van der Waals surface area contributed by atoms with Gasteiger partial charge in [-0.15, -0.1) is 0 Å². The van der Waals surface area contributed by atoms with Gasteiger partial charge in [0.05, 0.1) is 22.3 Å². The maximum absolute atomic E-state index is 12.2. The van der Waals surface area contributed by atoms with Gasteiger partial charge in [0.2, 0.25) is 0 Å². The maximum Gasteiger partial charge on any atom is 0.306 e. The molecule has 2 aromatic heterocycles. The SMILES string of the molecule is Cc1nn(-c2ccccc2)c(Cl)c1COC(=O)CCCc1nc2ccccc2c(=O)[nH]1. The number of rotatable bonds is 7. The van der Waals surface area contributed by atoms with E-state index in [4.69, 9.17) is 16.3 Å². The third-order valence-electron chi connectivity index (χ3n) is 4.96. The predicted octanol–water partition coefficient (Wildman–Crippen LogP) is 4.14. The highest BCUT2D eigenvalue weighted by atomic mass is 35.5. The number of aryl methyl sites for hydroxylation is 2. The van der Waals surface area contributed by atoms with Gasteiger partial charge in [0.15, 0.2) is 0 Å². The summed E-state index contributed by atoms with van der Waals surface area (Å²) in [6, 6.07) is 16.7. The lowest BCUT2D eigenvalue weighted by Crippen LogP contribution is -2.12. The third kappa shape index (κ3) is 4.67. The Labute approximate surface area is 183 Å². The predicted molar refractivity (Wildman–Crippen MR) is 118 cm³/mol. The number of hydrogen-bond acceptors (Lipinski definition) is 5. The fourth-order valence-corrected chi connectivity index (χ4v) is 3.64. The summed E-state index contributed by atoms with van der Waals surface area (Å²) >= 11 is 6.46. The first-order valence-electron chi connectivity index (χ1n) is 9.96. The highest BCUT2D eigenvalue weighted by molar-refractivity contribution is 6.30. The van der Waals surface area contributed by atoms with Gasteiger partial charge in [-0.3, -0.25) is 9.59 Å². The van der Waals surface area contributed by atoms with E-state index in [0.717, 1.165) is 5.69 Å². The Bertz CT molecular complexity index is 1280. The fraction of sp³-hybridized carbons (Fsp3) is 0.217. The molecule has 1 N–H and O–H groups in total. The topological polar surface area (TPSA) is 89.9 Å². The average molecular weight is 437 g/mol. The summed E-state index contributed by atoms with van der Waals surface area (Å²) in [6.45, 7) is 1.89. The number of carbonyl (C=O) groups is 1. The standard InChI is InChI=1S/C23H21ClN4O3/c1-15-18(22(24)28(27-15)16-8-3-2-4-9-16)14-31-21(29)13-7-12-20-25-19-11-6-5-10-17(19)23(30)26-20/h2-6,8-11H,7,12-14H2,1H3,(H,25,26,30). The molecule has 8 heteroatoms. The molecular formula is C23H21ClN4O3. The first-order chi connectivity index (χ1) is 15.0. The molecule has 0 saturated carbocycles. The van der Waals surface area contributed by atoms with Crippen molar-refractivity contribution in [2.75, 3.05) is 0 Å². The molecule has 0 amide bonds. The van der Waals surface area contributed by atoms with Crippen molar-refractivity contribution < 1.29 is 9.53 Å². The Morgan fingerprint density at radius 1 is 1.13 bits per heavy atom. The van der Waals surface area contributed by atoms with Crippen LogP contribution in [0.4, 0.5) is 0 Å². The van der Waals surface area contributed by atoms with Crippen LogP contribution in [0.3, 0.4) is 0 Å². The van der Waals surface area contributed by atoms with Gasteiger partial charge in [-0.25, -0.2) is 9.67 Å². The number of nitrogens with one attached hydrogen (secondary N) is 1. The van der Waals surface area contributed by atoms with Gasteiger partial charge in [-0.1, -0.05) is 41.9 Å². The quantitative estimate of drug-likeness (QED) is 0.440. The molecule has 0 aliphatic carbocycles. The van der Waals surface area contributed by atoms with E-state index < -0.39 is 0 Å². The number of aromatic nitrogens is 4. The number of hydrogen-bond donors (Lipinski definition) is 1. The van der Waals surface area contributed by atoms with Crippen LogP contribution in [0.15, 0.2) is 59.4 Å². The highest BCUT2D eigenvalue weighted by Gasteiger charge is 2.16. The first-order valence-corrected chi connectivity index (χ1v) is 10.3. The highest BCUT2D eigenvalue weighted by Crippen LogP contribution is 2.24. The van der Waals surface area contributed by atoms with Crippen LogP contribution >= 0.6 is 11.6 Å². The summed E-state index contributed by atoms with van der Waals surface area (Å²) in [5.41, 5.74) is 2.69. The smallest absolute Gasteiger partial charge is 0.306 e. The van der Waals surface area contributed by atoms with Crippen LogP contribution in [-0.4, -0.2) is 25.7 Å². The molecule has 0 bridgehead atoms. The minimum absolute atomic E-state index is 0.0569. The van der Waals surface area contributed by atoms with Gasteiger partial charge in [-0.2, -0.15) is 5.10 Å². The van der Waals surface area contributed by atoms with E-state index in [-0.39, 0.29) is 24.6 Å². The number of H-pyrrole nitrogens is 1. The van der Waals surface area contributed by atoms with Crippen molar-refractivity contribution in [3.8, 4) is 5.69 Å². The third-order valence-corrected chi connectivity index (χ3v) is 5.34. The second kappa shape index (κ2) is 9.14. The molecule has 0 radical (unpaired) electrons. The summed E-state index contributed by atoms with van der Waals surface area (Å²) in [6.07, 6.45) is 1.19. The van der Waals surface area contributed by atoms with Gasteiger partial charge in [0.25, 0.3) is 5.56 Å². The molecule has 31 heavy (non-hydrogen) atoms. The van der Waals surface area contributed by atoms with Crippen molar-refractivity contribution >= 4 is 28.5 Å². The van der Waals surface area contributed by atoms with Crippen LogP contribution in [0.25, 0.3) is 16.6 Å². The largest absolute Gasteiger partial charge is 0.461 e. The van der Waals surface area contributed by atoms with E-state index in [1.54, 1.807) is 22.9 Å². The molecule has 0 saturated heterocycles. The Morgan fingerprint density at radius 2 is 1.87 bits per heavy atom. The Balaban J connectivity index is 1.33. The van der Waals surface area contributed by atoms with Crippen molar-refractivity contribution in [2.24, 2.45) is 0 Å². The van der Waals surface area contributed by atoms with E-state index in [1.807, 2.05) is 43.3 Å². The molecule has 4 aromatic rings. The van der Waals surface area contributed by atoms with E-state index >= 15 is 0 Å². The van der Waals surface area contributed by atoms with Gasteiger partial charge >= 0.3 is 5.97 Å². The minimum Gasteiger partial charge on any atom is -0.461 e. The molecule has 0 atom stereocenters. The van der Waals surface area contributed by atoms with E-state index in [0.29, 0.717) is 46.0 Å². The zero-order chi connectivity index (χ0) is 21.8. The molecule has 0 aliphatic heterocycles. The second-order valence-corrected chi connectivity index (χ2v) is 7.50. The van der Waals surface area contributed by atoms with Crippen molar-refractivity contribution in [3.63, 3.8) is 0 Å². The van der Waals surface area contributed by atoms with Crippen molar-refractivity contribution in [3.05, 3.63) is 87.2 Å². The minimum atomic E-state index is -0.342. The maximum atomic E-state index is 12.2. The fourth-order valence-electron chi connectivity index (χ4n) is 3.31. The van der Waals surface area contributed by atoms with Crippen molar-refractivity contribution in [1.82, 2.24) is 19.7 Å². The van der Waals surface area contributed by atoms with E-state index in [9.17, 15) is 9.59 Å². The molecule has 158 valence electrons. The molecule has 0 spiro atoms. The van der Waals surface area contributed by atoms with Crippen LogP contribution in [0.1, 0.15) is 29.9 Å². The number of halogens is 1. The lowest BCUT2D eigenvalue weighted by molar-refractivity contribution is -0.145. The molecular weight excluding hydrogens is 416 g/mol. The zero-order valence-electron chi connectivity index (χ0n) is 17.0. The van der Waals surface area contributed by atoms with Crippen LogP contribution in [0.2, 0.25) is 5.15 Å². The van der Waals surface area contributed by atoms with Crippen molar-refractivity contribution in [1.29, 1.82) is 0 Å².